The van der Waals surface area contributed by atoms with Crippen LogP contribution in [0, 0.1) is 0 Å². The molecule has 3 heteroatoms. The Labute approximate surface area is 160 Å². The summed E-state index contributed by atoms with van der Waals surface area (Å²) in [6, 6.07) is 35.2. The van der Waals surface area contributed by atoms with E-state index in [1.165, 1.54) is 0 Å². The van der Waals surface area contributed by atoms with Crippen LogP contribution in [0.4, 0.5) is 0 Å². The van der Waals surface area contributed by atoms with Crippen molar-refractivity contribution in [2.24, 2.45) is 0 Å². The van der Waals surface area contributed by atoms with Crippen molar-refractivity contribution in [1.29, 1.82) is 0 Å². The highest BCUT2D eigenvalue weighted by Gasteiger charge is 2.34. The maximum absolute atomic E-state index is 10.9. The molecule has 0 radical (unpaired) electrons. The number of rotatable bonds is 4. The van der Waals surface area contributed by atoms with Crippen LogP contribution in [0.2, 0.25) is 0 Å². The highest BCUT2D eigenvalue weighted by molar-refractivity contribution is 6.90. The summed E-state index contributed by atoms with van der Waals surface area (Å²) >= 11 is 0. The molecule has 0 saturated carbocycles. The smallest absolute Gasteiger partial charge is 0.401 e. The summed E-state index contributed by atoms with van der Waals surface area (Å²) in [4.78, 5) is 21.7. The second kappa shape index (κ2) is 7.33. The van der Waals surface area contributed by atoms with Crippen LogP contribution in [-0.4, -0.2) is 18.2 Å². The fourth-order valence-electron chi connectivity index (χ4n) is 3.22. The second-order valence-electron chi connectivity index (χ2n) is 6.56. The lowest BCUT2D eigenvalue weighted by atomic mass is 10.1. The second-order valence-corrected chi connectivity index (χ2v) is 9.06. The van der Waals surface area contributed by atoms with Crippen molar-refractivity contribution in [3.63, 3.8) is 0 Å². The number of hydrogen-bond donors (Lipinski definition) is 2. The fraction of sp³-hybridized carbons (Fsp3) is 0. The monoisotopic (exact) mass is 368 g/mol. The summed E-state index contributed by atoms with van der Waals surface area (Å²) in [5, 5.41) is 1.16. The van der Waals surface area contributed by atoms with Gasteiger partial charge >= 0.3 is 8.56 Å². The Hall–Kier alpha value is -2.98. The van der Waals surface area contributed by atoms with Crippen molar-refractivity contribution in [1.82, 2.24) is 0 Å². The molecular weight excluding hydrogens is 348 g/mol. The van der Waals surface area contributed by atoms with Crippen LogP contribution < -0.4 is 10.4 Å². The van der Waals surface area contributed by atoms with Crippen molar-refractivity contribution in [3.8, 4) is 22.3 Å². The molecule has 0 aliphatic carbocycles. The largest absolute Gasteiger partial charge is 0.404 e. The Morgan fingerprint density at radius 3 is 1.00 bits per heavy atom. The van der Waals surface area contributed by atoms with Crippen molar-refractivity contribution >= 4 is 18.9 Å². The van der Waals surface area contributed by atoms with Gasteiger partial charge in [-0.05, 0) is 32.6 Å². The van der Waals surface area contributed by atoms with Crippen LogP contribution in [0.25, 0.3) is 22.3 Å². The minimum Gasteiger partial charge on any atom is -0.404 e. The van der Waals surface area contributed by atoms with Gasteiger partial charge in [0, 0.05) is 0 Å². The molecule has 27 heavy (non-hydrogen) atoms. The molecular formula is C24H20O2Si. The molecule has 0 atom stereocenters. The van der Waals surface area contributed by atoms with Gasteiger partial charge in [-0.25, -0.2) is 0 Å². The molecule has 4 rings (SSSR count). The zero-order valence-corrected chi connectivity index (χ0v) is 15.8. The third-order valence-corrected chi connectivity index (χ3v) is 7.07. The van der Waals surface area contributed by atoms with E-state index in [0.29, 0.717) is 10.4 Å². The quantitative estimate of drug-likeness (QED) is 0.541. The van der Waals surface area contributed by atoms with Crippen LogP contribution in [0.15, 0.2) is 109 Å². The van der Waals surface area contributed by atoms with E-state index in [1.807, 2.05) is 109 Å². The van der Waals surface area contributed by atoms with Crippen molar-refractivity contribution in [2.75, 3.05) is 0 Å². The summed E-state index contributed by atoms with van der Waals surface area (Å²) in [7, 11) is -3.70. The molecule has 132 valence electrons. The Morgan fingerprint density at radius 1 is 0.370 bits per heavy atom. The topological polar surface area (TPSA) is 40.5 Å². The standard InChI is InChI=1S/C24H20O2Si/c25-27(26,23-15-11-21(12-16-23)19-7-3-1-4-8-19)24-17-13-22(14-18-24)20-9-5-2-6-10-20/h1-18,25-26H. The molecule has 2 N–H and O–H groups in total. The van der Waals surface area contributed by atoms with Crippen molar-refractivity contribution in [3.05, 3.63) is 109 Å². The first kappa shape index (κ1) is 17.4. The SMILES string of the molecule is O[Si](O)(c1ccc(-c2ccccc2)cc1)c1ccc(-c2ccccc2)cc1. The van der Waals surface area contributed by atoms with Gasteiger partial charge in [0.1, 0.15) is 0 Å². The molecule has 0 spiro atoms. The summed E-state index contributed by atoms with van der Waals surface area (Å²) in [6.07, 6.45) is 0. The van der Waals surface area contributed by atoms with Crippen LogP contribution >= 0.6 is 0 Å². The number of hydrogen-bond acceptors (Lipinski definition) is 2. The maximum atomic E-state index is 10.9. The summed E-state index contributed by atoms with van der Waals surface area (Å²) in [5.74, 6) is 0. The first-order valence-corrected chi connectivity index (χ1v) is 10.8. The third-order valence-electron chi connectivity index (χ3n) is 4.79. The van der Waals surface area contributed by atoms with Gasteiger partial charge in [-0.2, -0.15) is 0 Å². The van der Waals surface area contributed by atoms with E-state index in [-0.39, 0.29) is 0 Å². The van der Waals surface area contributed by atoms with E-state index in [2.05, 4.69) is 0 Å². The Bertz CT molecular complexity index is 924. The van der Waals surface area contributed by atoms with Gasteiger partial charge in [-0.1, -0.05) is 109 Å². The summed E-state index contributed by atoms with van der Waals surface area (Å²) in [5.41, 5.74) is 4.34. The van der Waals surface area contributed by atoms with Crippen LogP contribution in [0.1, 0.15) is 0 Å². The highest BCUT2D eigenvalue weighted by atomic mass is 28.4. The Balaban J connectivity index is 1.61. The van der Waals surface area contributed by atoms with E-state index in [4.69, 9.17) is 0 Å². The Kier molecular flexibility index (Phi) is 4.73. The first-order chi connectivity index (χ1) is 13.1. The van der Waals surface area contributed by atoms with Gasteiger partial charge in [0.2, 0.25) is 0 Å². The molecule has 0 aromatic heterocycles. The minimum absolute atomic E-state index is 0.578. The van der Waals surface area contributed by atoms with Gasteiger partial charge in [-0.15, -0.1) is 0 Å². The minimum atomic E-state index is -3.70. The average molecular weight is 369 g/mol. The van der Waals surface area contributed by atoms with E-state index in [1.54, 1.807) is 0 Å². The summed E-state index contributed by atoms with van der Waals surface area (Å²) in [6.45, 7) is 0. The van der Waals surface area contributed by atoms with Gasteiger partial charge in [0.25, 0.3) is 0 Å². The highest BCUT2D eigenvalue weighted by Crippen LogP contribution is 2.19. The lowest BCUT2D eigenvalue weighted by Gasteiger charge is -2.19. The fourth-order valence-corrected chi connectivity index (χ4v) is 4.81. The lowest BCUT2D eigenvalue weighted by molar-refractivity contribution is 0.401. The van der Waals surface area contributed by atoms with Crippen LogP contribution in [0.3, 0.4) is 0 Å². The van der Waals surface area contributed by atoms with Gasteiger partial charge in [0.05, 0.1) is 0 Å². The maximum Gasteiger partial charge on any atom is 0.401 e. The van der Waals surface area contributed by atoms with Gasteiger partial charge in [0.15, 0.2) is 0 Å². The lowest BCUT2D eigenvalue weighted by Crippen LogP contribution is -2.59. The molecule has 0 aliphatic rings. The zero-order valence-electron chi connectivity index (χ0n) is 14.8. The van der Waals surface area contributed by atoms with Crippen molar-refractivity contribution < 1.29 is 9.59 Å². The summed E-state index contributed by atoms with van der Waals surface area (Å²) < 4.78 is 0. The predicted molar refractivity (Wildman–Crippen MR) is 113 cm³/mol. The average Bonchev–Trinajstić information content (AvgIpc) is 2.75. The van der Waals surface area contributed by atoms with E-state index in [0.717, 1.165) is 22.3 Å². The molecule has 0 fully saturated rings. The Morgan fingerprint density at radius 2 is 0.667 bits per heavy atom. The van der Waals surface area contributed by atoms with E-state index >= 15 is 0 Å². The van der Waals surface area contributed by atoms with E-state index in [9.17, 15) is 9.59 Å². The molecule has 0 aliphatic heterocycles. The van der Waals surface area contributed by atoms with E-state index < -0.39 is 8.56 Å². The normalized spacial score (nSPS) is 11.3. The number of benzene rings is 4. The third kappa shape index (κ3) is 3.62. The molecule has 0 unspecified atom stereocenters. The molecule has 0 saturated heterocycles. The molecule has 0 amide bonds. The molecule has 0 bridgehead atoms. The first-order valence-electron chi connectivity index (χ1n) is 8.91. The van der Waals surface area contributed by atoms with Gasteiger partial charge in [-0.3, -0.25) is 0 Å². The molecule has 0 heterocycles. The molecule has 4 aromatic carbocycles. The van der Waals surface area contributed by atoms with Crippen LogP contribution in [0.5, 0.6) is 0 Å². The van der Waals surface area contributed by atoms with Gasteiger partial charge < -0.3 is 9.59 Å². The predicted octanol–water partition coefficient (Wildman–Crippen LogP) is 3.56. The molecule has 2 nitrogen and oxygen atoms in total. The molecule has 4 aromatic rings. The van der Waals surface area contributed by atoms with Crippen LogP contribution in [-0.2, 0) is 0 Å². The zero-order chi connectivity index (χ0) is 18.7. The van der Waals surface area contributed by atoms with Crippen molar-refractivity contribution in [2.45, 2.75) is 0 Å².